The van der Waals surface area contributed by atoms with Crippen molar-refractivity contribution >= 4 is 23.1 Å². The molecule has 2 N–H and O–H groups in total. The highest BCUT2D eigenvalue weighted by Gasteiger charge is 2.00. The van der Waals surface area contributed by atoms with Crippen LogP contribution >= 0.6 is 12.2 Å². The Labute approximate surface area is 101 Å². The minimum atomic E-state index is 0.611. The summed E-state index contributed by atoms with van der Waals surface area (Å²) in [6, 6.07) is 1.87. The summed E-state index contributed by atoms with van der Waals surface area (Å²) in [5.74, 6) is 0.877. The largest absolute Gasteiger partial charge is 0.382 e. The Kier molecular flexibility index (Phi) is 5.81. The Balaban J connectivity index is 2.14. The van der Waals surface area contributed by atoms with E-state index in [1.54, 1.807) is 10.9 Å². The van der Waals surface area contributed by atoms with Gasteiger partial charge in [-0.2, -0.15) is 5.10 Å². The molecule has 1 heterocycles. The molecule has 90 valence electrons. The summed E-state index contributed by atoms with van der Waals surface area (Å²) in [6.07, 6.45) is 2.67. The number of nitrogens with zero attached hydrogens (tertiary/aromatic N) is 2. The van der Waals surface area contributed by atoms with Gasteiger partial charge in [-0.3, -0.25) is 4.68 Å². The minimum absolute atomic E-state index is 0.611. The van der Waals surface area contributed by atoms with Gasteiger partial charge in [-0.1, -0.05) is 0 Å². The van der Waals surface area contributed by atoms with Crippen LogP contribution in [0.4, 0.5) is 5.82 Å². The molecule has 0 aromatic carbocycles. The lowest BCUT2D eigenvalue weighted by Gasteiger charge is -2.10. The average molecular weight is 242 g/mol. The highest BCUT2D eigenvalue weighted by molar-refractivity contribution is 7.80. The Morgan fingerprint density at radius 2 is 2.44 bits per heavy atom. The second-order valence-electron chi connectivity index (χ2n) is 3.27. The van der Waals surface area contributed by atoms with E-state index in [1.165, 1.54) is 0 Å². The van der Waals surface area contributed by atoms with Gasteiger partial charge in [0.2, 0.25) is 0 Å². The number of hydrogen-bond donors (Lipinski definition) is 2. The van der Waals surface area contributed by atoms with Gasteiger partial charge in [-0.25, -0.2) is 0 Å². The molecule has 0 unspecified atom stereocenters. The van der Waals surface area contributed by atoms with Crippen molar-refractivity contribution in [3.05, 3.63) is 12.3 Å². The lowest BCUT2D eigenvalue weighted by molar-refractivity contribution is 0.146. The summed E-state index contributed by atoms with van der Waals surface area (Å²) in [4.78, 5) is 0. The second-order valence-corrected chi connectivity index (χ2v) is 3.68. The van der Waals surface area contributed by atoms with E-state index in [4.69, 9.17) is 17.0 Å². The van der Waals surface area contributed by atoms with Gasteiger partial charge in [0.1, 0.15) is 5.82 Å². The fourth-order valence-corrected chi connectivity index (χ4v) is 1.38. The molecular formula is C10H18N4OS. The lowest BCUT2D eigenvalue weighted by atomic mass is 10.4. The monoisotopic (exact) mass is 242 g/mol. The van der Waals surface area contributed by atoms with Crippen LogP contribution in [0, 0.1) is 0 Å². The number of aryl methyl sites for hydroxylation is 1. The first-order valence-electron chi connectivity index (χ1n) is 5.34. The van der Waals surface area contributed by atoms with E-state index in [0.717, 1.165) is 32.0 Å². The Bertz CT molecular complexity index is 326. The molecule has 0 spiro atoms. The molecule has 0 aliphatic carbocycles. The summed E-state index contributed by atoms with van der Waals surface area (Å²) in [5.41, 5.74) is 0. The quantitative estimate of drug-likeness (QED) is 0.578. The van der Waals surface area contributed by atoms with Crippen LogP contribution in [0.1, 0.15) is 13.3 Å². The fraction of sp³-hybridized carbons (Fsp3) is 0.600. The first kappa shape index (κ1) is 12.9. The first-order valence-corrected chi connectivity index (χ1v) is 5.75. The summed E-state index contributed by atoms with van der Waals surface area (Å²) in [7, 11) is 1.86. The van der Waals surface area contributed by atoms with Gasteiger partial charge >= 0.3 is 0 Å². The molecule has 1 aromatic rings. The van der Waals surface area contributed by atoms with Crippen molar-refractivity contribution in [2.24, 2.45) is 7.05 Å². The van der Waals surface area contributed by atoms with Gasteiger partial charge in [0.05, 0.1) is 6.20 Å². The fourth-order valence-electron chi connectivity index (χ4n) is 1.18. The predicted molar refractivity (Wildman–Crippen MR) is 68.5 cm³/mol. The van der Waals surface area contributed by atoms with Crippen molar-refractivity contribution in [1.82, 2.24) is 15.1 Å². The number of aromatic nitrogens is 2. The second kappa shape index (κ2) is 7.19. The van der Waals surface area contributed by atoms with E-state index in [2.05, 4.69) is 15.7 Å². The van der Waals surface area contributed by atoms with Crippen molar-refractivity contribution in [1.29, 1.82) is 0 Å². The van der Waals surface area contributed by atoms with Crippen LogP contribution in [0.3, 0.4) is 0 Å². The van der Waals surface area contributed by atoms with Gasteiger partial charge in [-0.15, -0.1) is 0 Å². The van der Waals surface area contributed by atoms with E-state index < -0.39 is 0 Å². The maximum absolute atomic E-state index is 5.22. The highest BCUT2D eigenvalue weighted by atomic mass is 32.1. The topological polar surface area (TPSA) is 51.1 Å². The zero-order valence-electron chi connectivity index (χ0n) is 9.69. The van der Waals surface area contributed by atoms with Gasteiger partial charge in [0, 0.05) is 32.9 Å². The third-order valence-electron chi connectivity index (χ3n) is 2.02. The van der Waals surface area contributed by atoms with Crippen molar-refractivity contribution in [3.8, 4) is 0 Å². The summed E-state index contributed by atoms with van der Waals surface area (Å²) in [6.45, 7) is 4.32. The van der Waals surface area contributed by atoms with E-state index in [9.17, 15) is 0 Å². The number of ether oxygens (including phenoxy) is 1. The molecule has 0 aliphatic rings. The lowest BCUT2D eigenvalue weighted by Crippen LogP contribution is -2.30. The van der Waals surface area contributed by atoms with Gasteiger partial charge in [0.25, 0.3) is 0 Å². The van der Waals surface area contributed by atoms with E-state index in [0.29, 0.717) is 5.11 Å². The van der Waals surface area contributed by atoms with Crippen LogP contribution in [0.2, 0.25) is 0 Å². The van der Waals surface area contributed by atoms with E-state index >= 15 is 0 Å². The molecule has 1 aromatic heterocycles. The zero-order valence-corrected chi connectivity index (χ0v) is 10.5. The van der Waals surface area contributed by atoms with Crippen molar-refractivity contribution in [2.75, 3.05) is 25.1 Å². The Morgan fingerprint density at radius 1 is 1.62 bits per heavy atom. The minimum Gasteiger partial charge on any atom is -0.382 e. The van der Waals surface area contributed by atoms with Crippen LogP contribution in [0.25, 0.3) is 0 Å². The molecule has 0 radical (unpaired) electrons. The highest BCUT2D eigenvalue weighted by Crippen LogP contribution is 2.02. The standard InChI is InChI=1S/C10H18N4OS/c1-3-15-8-4-6-11-10(16)13-9-5-7-12-14(9)2/h5,7H,3-4,6,8H2,1-2H3,(H2,11,13,16). The van der Waals surface area contributed by atoms with Crippen molar-refractivity contribution < 1.29 is 4.74 Å². The number of anilines is 1. The summed E-state index contributed by atoms with van der Waals surface area (Å²) in [5, 5.41) is 10.8. The summed E-state index contributed by atoms with van der Waals surface area (Å²) >= 11 is 5.14. The molecular weight excluding hydrogens is 224 g/mol. The maximum atomic E-state index is 5.22. The molecule has 6 heteroatoms. The van der Waals surface area contributed by atoms with Gasteiger partial charge < -0.3 is 15.4 Å². The van der Waals surface area contributed by atoms with Crippen molar-refractivity contribution in [3.63, 3.8) is 0 Å². The average Bonchev–Trinajstić information content (AvgIpc) is 2.64. The molecule has 0 saturated carbocycles. The van der Waals surface area contributed by atoms with Crippen LogP contribution < -0.4 is 10.6 Å². The third-order valence-corrected chi connectivity index (χ3v) is 2.26. The van der Waals surface area contributed by atoms with Crippen LogP contribution in [0.15, 0.2) is 12.3 Å². The van der Waals surface area contributed by atoms with Crippen LogP contribution in [0.5, 0.6) is 0 Å². The first-order chi connectivity index (χ1) is 7.74. The molecule has 0 aliphatic heterocycles. The molecule has 0 amide bonds. The Hall–Kier alpha value is -1.14. The molecule has 0 atom stereocenters. The smallest absolute Gasteiger partial charge is 0.171 e. The summed E-state index contributed by atoms with van der Waals surface area (Å²) < 4.78 is 6.95. The number of nitrogens with one attached hydrogen (secondary N) is 2. The van der Waals surface area contributed by atoms with E-state index in [1.807, 2.05) is 20.0 Å². The maximum Gasteiger partial charge on any atom is 0.171 e. The molecule has 5 nitrogen and oxygen atoms in total. The number of thiocarbonyl (C=S) groups is 1. The number of hydrogen-bond acceptors (Lipinski definition) is 3. The van der Waals surface area contributed by atoms with Crippen LogP contribution in [-0.2, 0) is 11.8 Å². The molecule has 0 bridgehead atoms. The van der Waals surface area contributed by atoms with E-state index in [-0.39, 0.29) is 0 Å². The third kappa shape index (κ3) is 4.59. The van der Waals surface area contributed by atoms with Crippen molar-refractivity contribution in [2.45, 2.75) is 13.3 Å². The predicted octanol–water partition coefficient (Wildman–Crippen LogP) is 1.13. The van der Waals surface area contributed by atoms with Gasteiger partial charge in [-0.05, 0) is 25.6 Å². The SMILES string of the molecule is CCOCCCNC(=S)Nc1ccnn1C. The number of rotatable bonds is 6. The zero-order chi connectivity index (χ0) is 11.8. The molecule has 1 rings (SSSR count). The Morgan fingerprint density at radius 3 is 3.06 bits per heavy atom. The normalized spacial score (nSPS) is 10.1. The van der Waals surface area contributed by atoms with Gasteiger partial charge in [0.15, 0.2) is 5.11 Å². The molecule has 0 fully saturated rings. The van der Waals surface area contributed by atoms with Crippen LogP contribution in [-0.4, -0.2) is 34.7 Å². The molecule has 16 heavy (non-hydrogen) atoms. The molecule has 0 saturated heterocycles.